The molecule has 1 aliphatic rings. The van der Waals surface area contributed by atoms with Crippen molar-refractivity contribution in [3.8, 4) is 0 Å². The van der Waals surface area contributed by atoms with Gasteiger partial charge in [0.15, 0.2) is 0 Å². The molecule has 2 heterocycles. The third-order valence-corrected chi connectivity index (χ3v) is 3.12. The maximum atomic E-state index is 13.3. The van der Waals surface area contributed by atoms with Crippen LogP contribution in [0.2, 0.25) is 0 Å². The average molecular weight is 240 g/mol. The normalized spacial score (nSPS) is 19.7. The van der Waals surface area contributed by atoms with Gasteiger partial charge in [0.2, 0.25) is 0 Å². The molecule has 2 rings (SSSR count). The molecule has 1 aromatic rings. The topological polar surface area (TPSA) is 16.1 Å². The highest BCUT2D eigenvalue weighted by molar-refractivity contribution is 5.45. The molecule has 1 saturated heterocycles. The van der Waals surface area contributed by atoms with E-state index < -0.39 is 5.92 Å². The Labute approximate surface area is 101 Å². The minimum Gasteiger partial charge on any atom is -0.364 e. The Kier molecular flexibility index (Phi) is 3.31. The quantitative estimate of drug-likeness (QED) is 0.787. The zero-order valence-electron chi connectivity index (χ0n) is 10.3. The van der Waals surface area contributed by atoms with Crippen LogP contribution in [0.5, 0.6) is 0 Å². The van der Waals surface area contributed by atoms with Crippen molar-refractivity contribution in [2.45, 2.75) is 38.5 Å². The second-order valence-electron chi connectivity index (χ2n) is 4.98. The zero-order chi connectivity index (χ0) is 12.5. The van der Waals surface area contributed by atoms with Crippen molar-refractivity contribution in [1.82, 2.24) is 4.98 Å². The van der Waals surface area contributed by atoms with Crippen molar-refractivity contribution in [2.24, 2.45) is 0 Å². The molecule has 0 radical (unpaired) electrons. The molecule has 0 N–H and O–H groups in total. The van der Waals surface area contributed by atoms with Crippen LogP contribution in [0, 0.1) is 0 Å². The first-order valence-corrected chi connectivity index (χ1v) is 6.07. The van der Waals surface area contributed by atoms with Crippen molar-refractivity contribution in [2.75, 3.05) is 18.0 Å². The molecule has 0 spiro atoms. The van der Waals surface area contributed by atoms with Crippen molar-refractivity contribution >= 4 is 5.69 Å². The van der Waals surface area contributed by atoms with Gasteiger partial charge in [-0.25, -0.2) is 8.78 Å². The Morgan fingerprint density at radius 3 is 2.65 bits per heavy atom. The number of halogens is 2. The first-order valence-electron chi connectivity index (χ1n) is 6.07. The van der Waals surface area contributed by atoms with E-state index in [1.165, 1.54) is 0 Å². The highest BCUT2D eigenvalue weighted by atomic mass is 19.3. The monoisotopic (exact) mass is 240 g/mol. The molecule has 94 valence electrons. The summed E-state index contributed by atoms with van der Waals surface area (Å²) in [5, 5.41) is 0. The molecular formula is C13H18F2N2. The van der Waals surface area contributed by atoms with E-state index in [-0.39, 0.29) is 13.0 Å². The summed E-state index contributed by atoms with van der Waals surface area (Å²) in [6, 6.07) is 3.82. The third-order valence-electron chi connectivity index (χ3n) is 3.12. The number of pyridine rings is 1. The maximum Gasteiger partial charge on any atom is 0.265 e. The smallest absolute Gasteiger partial charge is 0.265 e. The summed E-state index contributed by atoms with van der Waals surface area (Å²) in [5.74, 6) is -2.19. The Balaban J connectivity index is 2.12. The molecule has 0 amide bonds. The minimum absolute atomic E-state index is 0.000998. The number of nitrogens with zero attached hydrogens (tertiary/aromatic N) is 2. The van der Waals surface area contributed by atoms with Crippen LogP contribution in [0.4, 0.5) is 14.5 Å². The minimum atomic E-state index is -2.56. The van der Waals surface area contributed by atoms with E-state index in [9.17, 15) is 8.78 Å². The Hall–Kier alpha value is -1.19. The summed E-state index contributed by atoms with van der Waals surface area (Å²) in [7, 11) is 0. The van der Waals surface area contributed by atoms with Crippen LogP contribution >= 0.6 is 0 Å². The van der Waals surface area contributed by atoms with Crippen LogP contribution in [-0.2, 0) is 0 Å². The molecular weight excluding hydrogens is 222 g/mol. The molecule has 2 nitrogen and oxygen atoms in total. The van der Waals surface area contributed by atoms with Gasteiger partial charge in [0.05, 0.1) is 18.4 Å². The van der Waals surface area contributed by atoms with E-state index in [2.05, 4.69) is 18.8 Å². The lowest BCUT2D eigenvalue weighted by Gasteiger charge is -2.33. The zero-order valence-corrected chi connectivity index (χ0v) is 10.3. The Morgan fingerprint density at radius 1 is 1.35 bits per heavy atom. The first kappa shape index (κ1) is 12.3. The molecule has 0 saturated carbocycles. The number of anilines is 1. The predicted octanol–water partition coefficient (Wildman–Crippen LogP) is 3.44. The molecule has 1 aromatic heterocycles. The van der Waals surface area contributed by atoms with Gasteiger partial charge in [0, 0.05) is 18.7 Å². The summed E-state index contributed by atoms with van der Waals surface area (Å²) in [5.41, 5.74) is 1.80. The largest absolute Gasteiger partial charge is 0.364 e. The molecule has 0 aromatic carbocycles. The summed E-state index contributed by atoms with van der Waals surface area (Å²) >= 11 is 0. The van der Waals surface area contributed by atoms with Gasteiger partial charge in [-0.3, -0.25) is 4.98 Å². The molecule has 1 fully saturated rings. The highest BCUT2D eigenvalue weighted by Gasteiger charge is 2.35. The Morgan fingerprint density at radius 2 is 2.12 bits per heavy atom. The van der Waals surface area contributed by atoms with Gasteiger partial charge in [-0.15, -0.1) is 0 Å². The molecule has 0 bridgehead atoms. The van der Waals surface area contributed by atoms with Crippen LogP contribution in [-0.4, -0.2) is 24.0 Å². The fourth-order valence-corrected chi connectivity index (χ4v) is 2.11. The highest BCUT2D eigenvalue weighted by Crippen LogP contribution is 2.29. The van der Waals surface area contributed by atoms with Crippen LogP contribution in [0.15, 0.2) is 18.3 Å². The first-order chi connectivity index (χ1) is 7.98. The molecule has 0 aliphatic carbocycles. The van der Waals surface area contributed by atoms with Gasteiger partial charge >= 0.3 is 0 Å². The van der Waals surface area contributed by atoms with Gasteiger partial charge in [0.1, 0.15) is 0 Å². The van der Waals surface area contributed by atoms with Gasteiger partial charge in [-0.1, -0.05) is 13.8 Å². The average Bonchev–Trinajstić information content (AvgIpc) is 2.28. The second-order valence-corrected chi connectivity index (χ2v) is 4.98. The summed E-state index contributed by atoms with van der Waals surface area (Å²) in [6.45, 7) is 4.64. The molecule has 1 aliphatic heterocycles. The van der Waals surface area contributed by atoms with E-state index in [0.717, 1.165) is 11.4 Å². The third kappa shape index (κ3) is 2.93. The second kappa shape index (κ2) is 4.59. The molecule has 0 unspecified atom stereocenters. The van der Waals surface area contributed by atoms with Crippen molar-refractivity contribution < 1.29 is 8.78 Å². The summed E-state index contributed by atoms with van der Waals surface area (Å²) in [6.07, 6.45) is 2.25. The van der Waals surface area contributed by atoms with Crippen molar-refractivity contribution in [1.29, 1.82) is 0 Å². The standard InChI is InChI=1S/C13H18F2N2/c1-10(2)12-5-4-11(8-16-12)17-7-3-6-13(14,15)9-17/h4-5,8,10H,3,6-7,9H2,1-2H3. The Bertz CT molecular complexity index is 374. The van der Waals surface area contributed by atoms with Crippen LogP contribution in [0.25, 0.3) is 0 Å². The van der Waals surface area contributed by atoms with E-state index in [0.29, 0.717) is 18.9 Å². The molecule has 4 heteroatoms. The lowest BCUT2D eigenvalue weighted by Crippen LogP contribution is -2.42. The molecule has 0 atom stereocenters. The predicted molar refractivity (Wildman–Crippen MR) is 64.7 cm³/mol. The number of aromatic nitrogens is 1. The number of hydrogen-bond acceptors (Lipinski definition) is 2. The van der Waals surface area contributed by atoms with Crippen LogP contribution < -0.4 is 4.90 Å². The number of alkyl halides is 2. The van der Waals surface area contributed by atoms with Gasteiger partial charge in [-0.2, -0.15) is 0 Å². The van der Waals surface area contributed by atoms with Gasteiger partial charge in [0.25, 0.3) is 5.92 Å². The fraction of sp³-hybridized carbons (Fsp3) is 0.615. The van der Waals surface area contributed by atoms with Crippen molar-refractivity contribution in [3.05, 3.63) is 24.0 Å². The van der Waals surface area contributed by atoms with Gasteiger partial charge in [-0.05, 0) is 24.5 Å². The summed E-state index contributed by atoms with van der Waals surface area (Å²) in [4.78, 5) is 6.04. The fourth-order valence-electron chi connectivity index (χ4n) is 2.11. The SMILES string of the molecule is CC(C)c1ccc(N2CCCC(F)(F)C2)cn1. The van der Waals surface area contributed by atoms with E-state index in [4.69, 9.17) is 0 Å². The number of piperidine rings is 1. The lowest BCUT2D eigenvalue weighted by atomic mass is 10.1. The summed E-state index contributed by atoms with van der Waals surface area (Å²) < 4.78 is 26.6. The van der Waals surface area contributed by atoms with Gasteiger partial charge < -0.3 is 4.90 Å². The number of rotatable bonds is 2. The van der Waals surface area contributed by atoms with E-state index >= 15 is 0 Å². The van der Waals surface area contributed by atoms with Crippen molar-refractivity contribution in [3.63, 3.8) is 0 Å². The van der Waals surface area contributed by atoms with E-state index in [1.807, 2.05) is 12.1 Å². The van der Waals surface area contributed by atoms with E-state index in [1.54, 1.807) is 11.1 Å². The maximum absolute atomic E-state index is 13.3. The van der Waals surface area contributed by atoms with Crippen LogP contribution in [0.1, 0.15) is 38.3 Å². The van der Waals surface area contributed by atoms with Crippen LogP contribution in [0.3, 0.4) is 0 Å². The lowest BCUT2D eigenvalue weighted by molar-refractivity contribution is -0.0116. The number of hydrogen-bond donors (Lipinski definition) is 0. The molecule has 17 heavy (non-hydrogen) atoms.